The summed E-state index contributed by atoms with van der Waals surface area (Å²) in [6, 6.07) is 0. The third kappa shape index (κ3) is 3.65. The van der Waals surface area contributed by atoms with Crippen molar-refractivity contribution in [2.24, 2.45) is 5.92 Å². The number of carbonyl (C=O) groups is 2. The Morgan fingerprint density at radius 2 is 2.07 bits per heavy atom. The van der Waals surface area contributed by atoms with E-state index in [1.54, 1.807) is 27.0 Å². The minimum atomic E-state index is -0.527. The van der Waals surface area contributed by atoms with E-state index in [2.05, 4.69) is 0 Å². The SMILES string of the molecule is CCC(=O)Oc1c2c(c(COC(=O)C(C)C)c3c(C)coc13)C(C)CC(O)C2. The first-order valence-electron chi connectivity index (χ1n) is 9.85. The largest absolute Gasteiger partial charge is 0.461 e. The third-order valence-corrected chi connectivity index (χ3v) is 5.30. The van der Waals surface area contributed by atoms with Crippen molar-refractivity contribution >= 4 is 22.9 Å². The molecule has 3 rings (SSSR count). The summed E-state index contributed by atoms with van der Waals surface area (Å²) in [7, 11) is 0. The Kier molecular flexibility index (Phi) is 5.79. The highest BCUT2D eigenvalue weighted by Crippen LogP contribution is 2.46. The maximum atomic E-state index is 12.1. The van der Waals surface area contributed by atoms with Crippen LogP contribution in [0.2, 0.25) is 0 Å². The normalized spacial score (nSPS) is 19.0. The average molecular weight is 388 g/mol. The standard InChI is InChI=1S/C22H28O6/c1-6-17(24)28-20-15-8-14(23)7-12(4)18(15)16(10-27-22(25)11(2)3)19-13(5)9-26-21(19)20/h9,11-12,14,23H,6-8,10H2,1-5H3. The molecule has 0 saturated carbocycles. The van der Waals surface area contributed by atoms with Crippen LogP contribution in [0, 0.1) is 12.8 Å². The van der Waals surface area contributed by atoms with Gasteiger partial charge in [0, 0.05) is 29.4 Å². The van der Waals surface area contributed by atoms with Crippen molar-refractivity contribution in [2.75, 3.05) is 0 Å². The summed E-state index contributed by atoms with van der Waals surface area (Å²) in [4.78, 5) is 24.1. The van der Waals surface area contributed by atoms with Crippen molar-refractivity contribution in [2.45, 2.75) is 72.5 Å². The first-order valence-corrected chi connectivity index (χ1v) is 9.85. The van der Waals surface area contributed by atoms with Crippen LogP contribution in [0.5, 0.6) is 5.75 Å². The first-order chi connectivity index (χ1) is 13.2. The number of furan rings is 1. The molecule has 0 saturated heterocycles. The Morgan fingerprint density at radius 3 is 2.71 bits per heavy atom. The van der Waals surface area contributed by atoms with Gasteiger partial charge in [0.15, 0.2) is 11.3 Å². The van der Waals surface area contributed by atoms with Crippen LogP contribution in [0.25, 0.3) is 11.0 Å². The van der Waals surface area contributed by atoms with Crippen molar-refractivity contribution in [3.05, 3.63) is 28.5 Å². The molecule has 1 aliphatic rings. The van der Waals surface area contributed by atoms with Crippen LogP contribution in [-0.4, -0.2) is 23.1 Å². The number of aliphatic hydroxyl groups is 1. The van der Waals surface area contributed by atoms with Gasteiger partial charge in [0.25, 0.3) is 0 Å². The highest BCUT2D eigenvalue weighted by Gasteiger charge is 2.33. The van der Waals surface area contributed by atoms with E-state index in [9.17, 15) is 14.7 Å². The molecule has 6 nitrogen and oxygen atoms in total. The Bertz CT molecular complexity index is 908. The summed E-state index contributed by atoms with van der Waals surface area (Å²) in [6.07, 6.45) is 2.30. The Morgan fingerprint density at radius 1 is 1.36 bits per heavy atom. The fraction of sp³-hybridized carbons (Fsp3) is 0.545. The number of fused-ring (bicyclic) bond motifs is 2. The van der Waals surface area contributed by atoms with Crippen LogP contribution in [-0.2, 0) is 27.4 Å². The second-order valence-electron chi connectivity index (χ2n) is 7.91. The molecule has 1 aromatic carbocycles. The molecule has 2 unspecified atom stereocenters. The molecule has 0 amide bonds. The number of carbonyl (C=O) groups excluding carboxylic acids is 2. The van der Waals surface area contributed by atoms with Gasteiger partial charge in [-0.1, -0.05) is 27.7 Å². The Hall–Kier alpha value is -2.34. The Balaban J connectivity index is 2.23. The number of ether oxygens (including phenoxy) is 2. The summed E-state index contributed by atoms with van der Waals surface area (Å²) in [5.41, 5.74) is 3.99. The maximum Gasteiger partial charge on any atom is 0.311 e. The number of hydrogen-bond donors (Lipinski definition) is 1. The first kappa shape index (κ1) is 20.4. The van der Waals surface area contributed by atoms with E-state index < -0.39 is 6.10 Å². The molecule has 6 heteroatoms. The zero-order chi connectivity index (χ0) is 20.6. The summed E-state index contributed by atoms with van der Waals surface area (Å²) >= 11 is 0. The van der Waals surface area contributed by atoms with E-state index in [0.717, 1.165) is 27.6 Å². The van der Waals surface area contributed by atoms with Gasteiger partial charge in [-0.25, -0.2) is 0 Å². The van der Waals surface area contributed by atoms with Gasteiger partial charge in [-0.15, -0.1) is 0 Å². The van der Waals surface area contributed by atoms with Gasteiger partial charge in [-0.2, -0.15) is 0 Å². The van der Waals surface area contributed by atoms with Crippen molar-refractivity contribution in [1.29, 1.82) is 0 Å². The smallest absolute Gasteiger partial charge is 0.311 e. The Labute approximate surface area is 164 Å². The zero-order valence-corrected chi connectivity index (χ0v) is 17.1. The number of esters is 2. The highest BCUT2D eigenvalue weighted by molar-refractivity contribution is 5.94. The van der Waals surface area contributed by atoms with Crippen molar-refractivity contribution in [1.82, 2.24) is 0 Å². The van der Waals surface area contributed by atoms with Gasteiger partial charge < -0.3 is 19.0 Å². The molecule has 152 valence electrons. The molecular formula is C22H28O6. The summed E-state index contributed by atoms with van der Waals surface area (Å²) < 4.78 is 17.0. The molecule has 1 aromatic heterocycles. The summed E-state index contributed by atoms with van der Waals surface area (Å²) in [5, 5.41) is 11.2. The lowest BCUT2D eigenvalue weighted by atomic mass is 9.78. The number of aliphatic hydroxyl groups excluding tert-OH is 1. The van der Waals surface area contributed by atoms with Crippen LogP contribution >= 0.6 is 0 Å². The zero-order valence-electron chi connectivity index (χ0n) is 17.1. The molecule has 2 aromatic rings. The molecule has 1 heterocycles. The second-order valence-corrected chi connectivity index (χ2v) is 7.91. The third-order valence-electron chi connectivity index (χ3n) is 5.30. The summed E-state index contributed by atoms with van der Waals surface area (Å²) in [6.45, 7) is 9.39. The molecule has 1 aliphatic carbocycles. The summed E-state index contributed by atoms with van der Waals surface area (Å²) in [5.74, 6) is -0.433. The molecule has 0 bridgehead atoms. The fourth-order valence-corrected chi connectivity index (χ4v) is 3.96. The van der Waals surface area contributed by atoms with E-state index >= 15 is 0 Å². The number of aryl methyl sites for hydroxylation is 1. The second kappa shape index (κ2) is 7.95. The van der Waals surface area contributed by atoms with Gasteiger partial charge in [0.05, 0.1) is 18.3 Å². The molecule has 1 N–H and O–H groups in total. The van der Waals surface area contributed by atoms with Crippen LogP contribution < -0.4 is 4.74 Å². The molecule has 2 atom stereocenters. The lowest BCUT2D eigenvalue weighted by Gasteiger charge is -2.30. The topological polar surface area (TPSA) is 86.0 Å². The minimum Gasteiger partial charge on any atom is -0.461 e. The predicted molar refractivity (Wildman–Crippen MR) is 104 cm³/mol. The molecule has 28 heavy (non-hydrogen) atoms. The fourth-order valence-electron chi connectivity index (χ4n) is 3.96. The van der Waals surface area contributed by atoms with Gasteiger partial charge in [0.2, 0.25) is 0 Å². The van der Waals surface area contributed by atoms with E-state index in [-0.39, 0.29) is 36.8 Å². The van der Waals surface area contributed by atoms with Crippen LogP contribution in [0.15, 0.2) is 10.7 Å². The van der Waals surface area contributed by atoms with Gasteiger partial charge in [0.1, 0.15) is 6.61 Å². The van der Waals surface area contributed by atoms with Crippen molar-refractivity contribution < 1.29 is 28.6 Å². The monoisotopic (exact) mass is 388 g/mol. The van der Waals surface area contributed by atoms with E-state index in [0.29, 0.717) is 24.2 Å². The minimum absolute atomic E-state index is 0.0317. The van der Waals surface area contributed by atoms with Gasteiger partial charge >= 0.3 is 11.9 Å². The number of rotatable bonds is 5. The maximum absolute atomic E-state index is 12.1. The number of benzene rings is 1. The van der Waals surface area contributed by atoms with E-state index in [4.69, 9.17) is 13.9 Å². The molecule has 0 radical (unpaired) electrons. The van der Waals surface area contributed by atoms with Gasteiger partial charge in [-0.05, 0) is 30.4 Å². The van der Waals surface area contributed by atoms with E-state index in [1.165, 1.54) is 0 Å². The lowest BCUT2D eigenvalue weighted by molar-refractivity contribution is -0.148. The van der Waals surface area contributed by atoms with Crippen LogP contribution in [0.3, 0.4) is 0 Å². The quantitative estimate of drug-likeness (QED) is 0.611. The van der Waals surface area contributed by atoms with E-state index in [1.807, 2.05) is 13.8 Å². The molecule has 0 spiro atoms. The van der Waals surface area contributed by atoms with Crippen LogP contribution in [0.1, 0.15) is 68.7 Å². The predicted octanol–water partition coefficient (Wildman–Crippen LogP) is 4.17. The molecular weight excluding hydrogens is 360 g/mol. The average Bonchev–Trinajstić information content (AvgIpc) is 3.02. The van der Waals surface area contributed by atoms with Crippen molar-refractivity contribution in [3.63, 3.8) is 0 Å². The van der Waals surface area contributed by atoms with Crippen LogP contribution in [0.4, 0.5) is 0 Å². The lowest BCUT2D eigenvalue weighted by Crippen LogP contribution is -2.25. The highest BCUT2D eigenvalue weighted by atomic mass is 16.5. The number of hydrogen-bond acceptors (Lipinski definition) is 6. The van der Waals surface area contributed by atoms with Crippen molar-refractivity contribution in [3.8, 4) is 5.75 Å². The van der Waals surface area contributed by atoms with Gasteiger partial charge in [-0.3, -0.25) is 9.59 Å². The molecule has 0 fully saturated rings. The molecule has 0 aliphatic heterocycles.